The number of benzene rings is 1. The Morgan fingerprint density at radius 2 is 2.11 bits per heavy atom. The first-order valence-electron chi connectivity index (χ1n) is 5.99. The van der Waals surface area contributed by atoms with Crippen molar-refractivity contribution in [1.29, 1.82) is 0 Å². The number of hydrogen-bond donors (Lipinski definition) is 0. The Morgan fingerprint density at radius 3 is 2.79 bits per heavy atom. The minimum Gasteiger partial charge on any atom is -0.336 e. The van der Waals surface area contributed by atoms with Crippen molar-refractivity contribution in [3.63, 3.8) is 0 Å². The van der Waals surface area contributed by atoms with Gasteiger partial charge in [0, 0.05) is 17.7 Å². The molecule has 4 heteroatoms. The van der Waals surface area contributed by atoms with Gasteiger partial charge < -0.3 is 4.90 Å². The van der Waals surface area contributed by atoms with E-state index in [1.54, 1.807) is 18.1 Å². The number of carbonyl (C=O) groups is 1. The second-order valence-electron chi connectivity index (χ2n) is 4.47. The molecule has 1 amide bonds. The Labute approximate surface area is 121 Å². The lowest BCUT2D eigenvalue weighted by molar-refractivity contribution is 0.0782. The zero-order valence-electron chi connectivity index (χ0n) is 10.9. The molecule has 0 saturated carbocycles. The van der Waals surface area contributed by atoms with E-state index in [-0.39, 0.29) is 5.91 Å². The van der Waals surface area contributed by atoms with Gasteiger partial charge in [0.25, 0.3) is 5.91 Å². The highest BCUT2D eigenvalue weighted by atomic mass is 79.9. The Hall–Kier alpha value is -1.68. The number of hydrogen-bond acceptors (Lipinski definition) is 2. The van der Waals surface area contributed by atoms with Gasteiger partial charge in [-0.15, -0.1) is 0 Å². The van der Waals surface area contributed by atoms with Gasteiger partial charge in [0.15, 0.2) is 0 Å². The van der Waals surface area contributed by atoms with Gasteiger partial charge in [-0.3, -0.25) is 9.78 Å². The number of nitrogens with zero attached hydrogens (tertiary/aromatic N) is 2. The van der Waals surface area contributed by atoms with E-state index in [1.165, 1.54) is 0 Å². The molecular formula is C15H15BrN2O. The summed E-state index contributed by atoms with van der Waals surface area (Å²) in [6, 6.07) is 11.5. The number of aromatic nitrogens is 1. The van der Waals surface area contributed by atoms with Gasteiger partial charge in [-0.25, -0.2) is 0 Å². The third-order valence-electron chi connectivity index (χ3n) is 2.82. The molecule has 19 heavy (non-hydrogen) atoms. The van der Waals surface area contributed by atoms with Crippen molar-refractivity contribution in [2.75, 3.05) is 7.05 Å². The van der Waals surface area contributed by atoms with Crippen LogP contribution >= 0.6 is 15.9 Å². The van der Waals surface area contributed by atoms with Crippen LogP contribution in [-0.4, -0.2) is 22.8 Å². The summed E-state index contributed by atoms with van der Waals surface area (Å²) in [4.78, 5) is 18.3. The van der Waals surface area contributed by atoms with Crippen LogP contribution in [0.4, 0.5) is 0 Å². The van der Waals surface area contributed by atoms with E-state index in [9.17, 15) is 4.79 Å². The fraction of sp³-hybridized carbons (Fsp3) is 0.200. The zero-order chi connectivity index (χ0) is 13.8. The van der Waals surface area contributed by atoms with Crippen LogP contribution in [0.3, 0.4) is 0 Å². The maximum Gasteiger partial charge on any atom is 0.255 e. The number of rotatable bonds is 3. The second-order valence-corrected chi connectivity index (χ2v) is 5.32. The Morgan fingerprint density at radius 1 is 1.32 bits per heavy atom. The van der Waals surface area contributed by atoms with Gasteiger partial charge in [-0.1, -0.05) is 17.7 Å². The smallest absolute Gasteiger partial charge is 0.255 e. The highest BCUT2D eigenvalue weighted by Crippen LogP contribution is 2.20. The molecule has 1 aromatic heterocycles. The van der Waals surface area contributed by atoms with Gasteiger partial charge >= 0.3 is 0 Å². The summed E-state index contributed by atoms with van der Waals surface area (Å²) < 4.78 is 0.816. The standard InChI is InChI=1S/C15H15BrN2O/c1-11-6-7-14(16)13(9-11)15(19)18(2)10-12-5-3-4-8-17-12/h3-9H,10H2,1-2H3. The molecule has 0 unspecified atom stereocenters. The zero-order valence-corrected chi connectivity index (χ0v) is 12.5. The summed E-state index contributed by atoms with van der Waals surface area (Å²) in [6.07, 6.45) is 1.73. The maximum atomic E-state index is 12.4. The molecule has 2 rings (SSSR count). The summed E-state index contributed by atoms with van der Waals surface area (Å²) in [5, 5.41) is 0. The SMILES string of the molecule is Cc1ccc(Br)c(C(=O)N(C)Cc2ccccn2)c1. The van der Waals surface area contributed by atoms with Crippen molar-refractivity contribution in [2.45, 2.75) is 13.5 Å². The quantitative estimate of drug-likeness (QED) is 0.868. The molecule has 0 radical (unpaired) electrons. The van der Waals surface area contributed by atoms with Crippen LogP contribution in [0.5, 0.6) is 0 Å². The maximum absolute atomic E-state index is 12.4. The fourth-order valence-electron chi connectivity index (χ4n) is 1.82. The summed E-state index contributed by atoms with van der Waals surface area (Å²) in [5.74, 6) is -0.0128. The molecule has 98 valence electrons. The molecule has 0 aliphatic rings. The van der Waals surface area contributed by atoms with E-state index >= 15 is 0 Å². The molecule has 3 nitrogen and oxygen atoms in total. The highest BCUT2D eigenvalue weighted by molar-refractivity contribution is 9.10. The number of halogens is 1. The van der Waals surface area contributed by atoms with Crippen molar-refractivity contribution in [2.24, 2.45) is 0 Å². The number of amides is 1. The average molecular weight is 319 g/mol. The molecule has 0 spiro atoms. The van der Waals surface area contributed by atoms with Crippen LogP contribution < -0.4 is 0 Å². The first-order chi connectivity index (χ1) is 9.08. The van der Waals surface area contributed by atoms with Crippen molar-refractivity contribution in [1.82, 2.24) is 9.88 Å². The van der Waals surface area contributed by atoms with Gasteiger partial charge in [0.1, 0.15) is 0 Å². The first-order valence-corrected chi connectivity index (χ1v) is 6.79. The van der Waals surface area contributed by atoms with Gasteiger partial charge in [0.05, 0.1) is 17.8 Å². The molecule has 0 bridgehead atoms. The topological polar surface area (TPSA) is 33.2 Å². The molecule has 0 fully saturated rings. The monoisotopic (exact) mass is 318 g/mol. The van der Waals surface area contributed by atoms with E-state index in [2.05, 4.69) is 20.9 Å². The predicted octanol–water partition coefficient (Wildman–Crippen LogP) is 3.42. The molecule has 2 aromatic rings. The minimum absolute atomic E-state index is 0.0128. The van der Waals surface area contributed by atoms with E-state index in [0.717, 1.165) is 15.7 Å². The van der Waals surface area contributed by atoms with E-state index in [4.69, 9.17) is 0 Å². The van der Waals surface area contributed by atoms with Crippen LogP contribution in [0.1, 0.15) is 21.6 Å². The molecule has 0 aliphatic heterocycles. The Balaban J connectivity index is 2.17. The molecule has 0 N–H and O–H groups in total. The molecule has 1 aromatic carbocycles. The van der Waals surface area contributed by atoms with Gasteiger partial charge in [0.2, 0.25) is 0 Å². The van der Waals surface area contributed by atoms with Gasteiger partial charge in [-0.05, 0) is 47.1 Å². The Kier molecular flexibility index (Phi) is 4.32. The highest BCUT2D eigenvalue weighted by Gasteiger charge is 2.15. The fourth-order valence-corrected chi connectivity index (χ4v) is 2.23. The number of carbonyl (C=O) groups excluding carboxylic acids is 1. The first kappa shape index (κ1) is 13.7. The van der Waals surface area contributed by atoms with E-state index in [1.807, 2.05) is 43.3 Å². The summed E-state index contributed by atoms with van der Waals surface area (Å²) >= 11 is 3.42. The molecular weight excluding hydrogens is 304 g/mol. The minimum atomic E-state index is -0.0128. The molecule has 0 atom stereocenters. The summed E-state index contributed by atoms with van der Waals surface area (Å²) in [7, 11) is 1.78. The summed E-state index contributed by atoms with van der Waals surface area (Å²) in [5.41, 5.74) is 2.62. The lowest BCUT2D eigenvalue weighted by Crippen LogP contribution is -2.27. The lowest BCUT2D eigenvalue weighted by atomic mass is 10.1. The molecule has 1 heterocycles. The van der Waals surface area contributed by atoms with Crippen molar-refractivity contribution >= 4 is 21.8 Å². The van der Waals surface area contributed by atoms with Crippen LogP contribution in [0.15, 0.2) is 47.1 Å². The van der Waals surface area contributed by atoms with E-state index < -0.39 is 0 Å². The van der Waals surface area contributed by atoms with Gasteiger partial charge in [-0.2, -0.15) is 0 Å². The van der Waals surface area contributed by atoms with Crippen LogP contribution in [0, 0.1) is 6.92 Å². The predicted molar refractivity (Wildman–Crippen MR) is 78.9 cm³/mol. The molecule has 0 saturated heterocycles. The average Bonchev–Trinajstić information content (AvgIpc) is 2.42. The third kappa shape index (κ3) is 3.41. The third-order valence-corrected chi connectivity index (χ3v) is 3.52. The molecule has 0 aliphatic carbocycles. The van der Waals surface area contributed by atoms with E-state index in [0.29, 0.717) is 12.1 Å². The number of pyridine rings is 1. The van der Waals surface area contributed by atoms with Crippen LogP contribution in [0.2, 0.25) is 0 Å². The van der Waals surface area contributed by atoms with Crippen LogP contribution in [0.25, 0.3) is 0 Å². The van der Waals surface area contributed by atoms with Crippen molar-refractivity contribution < 1.29 is 4.79 Å². The van der Waals surface area contributed by atoms with Crippen molar-refractivity contribution in [3.8, 4) is 0 Å². The van der Waals surface area contributed by atoms with Crippen molar-refractivity contribution in [3.05, 3.63) is 63.9 Å². The second kappa shape index (κ2) is 5.97. The summed E-state index contributed by atoms with van der Waals surface area (Å²) in [6.45, 7) is 2.47. The van der Waals surface area contributed by atoms with Crippen LogP contribution in [-0.2, 0) is 6.54 Å². The largest absolute Gasteiger partial charge is 0.336 e. The lowest BCUT2D eigenvalue weighted by Gasteiger charge is -2.17. The Bertz CT molecular complexity index is 584. The number of aryl methyl sites for hydroxylation is 1. The normalized spacial score (nSPS) is 10.3.